The Morgan fingerprint density at radius 1 is 1.10 bits per heavy atom. The molecule has 158 valence electrons. The first-order valence-corrected chi connectivity index (χ1v) is 11.9. The van der Waals surface area contributed by atoms with Crippen molar-refractivity contribution in [3.05, 3.63) is 70.2 Å². The number of aromatic nitrogens is 2. The van der Waals surface area contributed by atoms with Gasteiger partial charge < -0.3 is 5.32 Å². The minimum absolute atomic E-state index is 0.0256. The van der Waals surface area contributed by atoms with Gasteiger partial charge in [-0.05, 0) is 35.7 Å². The number of hydrogen-bond donors (Lipinski definition) is 2. The van der Waals surface area contributed by atoms with Crippen LogP contribution in [-0.4, -0.2) is 31.1 Å². The third kappa shape index (κ3) is 6.33. The first-order valence-electron chi connectivity index (χ1n) is 9.26. The highest BCUT2D eigenvalue weighted by Gasteiger charge is 2.15. The van der Waals surface area contributed by atoms with Crippen molar-refractivity contribution in [1.82, 2.24) is 14.9 Å². The molecule has 0 radical (unpaired) electrons. The SMILES string of the molecule is CC(Cc1nnc(NC(=O)CCNS(=O)(=O)c2ccc(Cl)cc2)s1)c1ccccc1. The highest BCUT2D eigenvalue weighted by molar-refractivity contribution is 7.89. The molecule has 0 bridgehead atoms. The van der Waals surface area contributed by atoms with Gasteiger partial charge in [-0.25, -0.2) is 13.1 Å². The average molecular weight is 465 g/mol. The summed E-state index contributed by atoms with van der Waals surface area (Å²) in [7, 11) is -3.70. The molecule has 0 aliphatic heterocycles. The third-order valence-electron chi connectivity index (χ3n) is 4.33. The number of carbonyl (C=O) groups is 1. The molecular formula is C20H21ClN4O3S2. The van der Waals surface area contributed by atoms with Crippen molar-refractivity contribution in [1.29, 1.82) is 0 Å². The Kier molecular flexibility index (Phi) is 7.54. The van der Waals surface area contributed by atoms with E-state index in [4.69, 9.17) is 11.6 Å². The molecule has 30 heavy (non-hydrogen) atoms. The number of benzene rings is 2. The summed E-state index contributed by atoms with van der Waals surface area (Å²) >= 11 is 7.08. The van der Waals surface area contributed by atoms with Gasteiger partial charge in [-0.1, -0.05) is 60.2 Å². The predicted octanol–water partition coefficient (Wildman–Crippen LogP) is 3.84. The minimum atomic E-state index is -3.70. The molecule has 3 rings (SSSR count). The molecule has 3 aromatic rings. The quantitative estimate of drug-likeness (QED) is 0.501. The zero-order chi connectivity index (χ0) is 21.6. The molecule has 0 spiro atoms. The fourth-order valence-corrected chi connectivity index (χ4v) is 4.77. The number of hydrogen-bond acceptors (Lipinski definition) is 6. The van der Waals surface area contributed by atoms with Crippen LogP contribution < -0.4 is 10.0 Å². The van der Waals surface area contributed by atoms with E-state index in [9.17, 15) is 13.2 Å². The summed E-state index contributed by atoms with van der Waals surface area (Å²) in [5.74, 6) is -0.0578. The van der Waals surface area contributed by atoms with E-state index < -0.39 is 10.0 Å². The molecule has 1 atom stereocenters. The summed E-state index contributed by atoms with van der Waals surface area (Å²) in [6, 6.07) is 15.9. The number of nitrogens with zero attached hydrogens (tertiary/aromatic N) is 2. The number of anilines is 1. The number of rotatable bonds is 9. The Hall–Kier alpha value is -2.33. The second kappa shape index (κ2) is 10.1. The minimum Gasteiger partial charge on any atom is -0.300 e. The maximum atomic E-state index is 12.2. The fourth-order valence-electron chi connectivity index (χ4n) is 2.73. The van der Waals surface area contributed by atoms with Gasteiger partial charge in [-0.3, -0.25) is 4.79 Å². The Morgan fingerprint density at radius 2 is 1.80 bits per heavy atom. The van der Waals surface area contributed by atoms with Gasteiger partial charge in [0.25, 0.3) is 0 Å². The maximum absolute atomic E-state index is 12.2. The zero-order valence-electron chi connectivity index (χ0n) is 16.2. The van der Waals surface area contributed by atoms with Crippen molar-refractivity contribution in [3.8, 4) is 0 Å². The maximum Gasteiger partial charge on any atom is 0.240 e. The van der Waals surface area contributed by atoms with Crippen LogP contribution in [0.25, 0.3) is 0 Å². The summed E-state index contributed by atoms with van der Waals surface area (Å²) in [6.45, 7) is 2.08. The first-order chi connectivity index (χ1) is 14.3. The van der Waals surface area contributed by atoms with Crippen LogP contribution in [0.4, 0.5) is 5.13 Å². The summed E-state index contributed by atoms with van der Waals surface area (Å²) in [5, 5.41) is 12.5. The van der Waals surface area contributed by atoms with Crippen LogP contribution in [0.5, 0.6) is 0 Å². The monoisotopic (exact) mass is 464 g/mol. The van der Waals surface area contributed by atoms with Gasteiger partial charge in [-0.2, -0.15) is 0 Å². The van der Waals surface area contributed by atoms with Crippen LogP contribution in [0.3, 0.4) is 0 Å². The lowest BCUT2D eigenvalue weighted by Gasteiger charge is -2.08. The fraction of sp³-hybridized carbons (Fsp3) is 0.250. The summed E-state index contributed by atoms with van der Waals surface area (Å²) in [4.78, 5) is 12.2. The van der Waals surface area contributed by atoms with Crippen molar-refractivity contribution in [3.63, 3.8) is 0 Å². The molecule has 1 aromatic heterocycles. The van der Waals surface area contributed by atoms with Crippen LogP contribution in [0.1, 0.15) is 29.8 Å². The summed E-state index contributed by atoms with van der Waals surface area (Å²) in [6.07, 6.45) is 0.695. The molecule has 0 aliphatic rings. The van der Waals surface area contributed by atoms with Gasteiger partial charge in [-0.15, -0.1) is 10.2 Å². The van der Waals surface area contributed by atoms with Crippen LogP contribution >= 0.6 is 22.9 Å². The number of carbonyl (C=O) groups excluding carboxylic acids is 1. The zero-order valence-corrected chi connectivity index (χ0v) is 18.6. The van der Waals surface area contributed by atoms with Crippen molar-refractivity contribution >= 4 is 44.0 Å². The van der Waals surface area contributed by atoms with E-state index in [0.29, 0.717) is 10.2 Å². The second-order valence-electron chi connectivity index (χ2n) is 6.67. The first kappa shape index (κ1) is 22.4. The lowest BCUT2D eigenvalue weighted by atomic mass is 9.98. The molecular weight excluding hydrogens is 444 g/mol. The molecule has 0 aliphatic carbocycles. The van der Waals surface area contributed by atoms with Crippen molar-refractivity contribution in [2.45, 2.75) is 30.6 Å². The molecule has 0 fully saturated rings. The van der Waals surface area contributed by atoms with E-state index in [1.807, 2.05) is 18.2 Å². The average Bonchev–Trinajstić information content (AvgIpc) is 3.15. The van der Waals surface area contributed by atoms with Gasteiger partial charge in [0, 0.05) is 24.4 Å². The van der Waals surface area contributed by atoms with Crippen LogP contribution in [0.2, 0.25) is 5.02 Å². The standard InChI is InChI=1S/C20H21ClN4O3S2/c1-14(15-5-3-2-4-6-15)13-19-24-25-20(29-19)23-18(26)11-12-22-30(27,28)17-9-7-16(21)8-10-17/h2-10,14,22H,11-13H2,1H3,(H,23,25,26). The second-order valence-corrected chi connectivity index (χ2v) is 9.93. The number of halogens is 1. The van der Waals surface area contributed by atoms with E-state index in [-0.39, 0.29) is 29.7 Å². The van der Waals surface area contributed by atoms with Crippen LogP contribution in [0.15, 0.2) is 59.5 Å². The lowest BCUT2D eigenvalue weighted by Crippen LogP contribution is -2.27. The molecule has 7 nitrogen and oxygen atoms in total. The Bertz CT molecular complexity index is 1090. The molecule has 10 heteroatoms. The molecule has 1 heterocycles. The largest absolute Gasteiger partial charge is 0.300 e. The van der Waals surface area contributed by atoms with Crippen molar-refractivity contribution in [2.75, 3.05) is 11.9 Å². The molecule has 2 N–H and O–H groups in total. The van der Waals surface area contributed by atoms with E-state index in [1.54, 1.807) is 0 Å². The van der Waals surface area contributed by atoms with Gasteiger partial charge >= 0.3 is 0 Å². The Morgan fingerprint density at radius 3 is 2.50 bits per heavy atom. The predicted molar refractivity (Wildman–Crippen MR) is 118 cm³/mol. The molecule has 0 saturated carbocycles. The van der Waals surface area contributed by atoms with E-state index in [2.05, 4.69) is 39.3 Å². The third-order valence-corrected chi connectivity index (χ3v) is 6.92. The Balaban J connectivity index is 1.47. The molecule has 1 unspecified atom stereocenters. The van der Waals surface area contributed by atoms with E-state index >= 15 is 0 Å². The Labute approximate surface area is 184 Å². The summed E-state index contributed by atoms with van der Waals surface area (Å²) < 4.78 is 26.8. The van der Waals surface area contributed by atoms with Crippen LogP contribution in [0, 0.1) is 0 Å². The smallest absolute Gasteiger partial charge is 0.240 e. The van der Waals surface area contributed by atoms with Gasteiger partial charge in [0.05, 0.1) is 4.90 Å². The van der Waals surface area contributed by atoms with Gasteiger partial charge in [0.1, 0.15) is 5.01 Å². The van der Waals surface area contributed by atoms with Crippen LogP contribution in [-0.2, 0) is 21.2 Å². The van der Waals surface area contributed by atoms with E-state index in [0.717, 1.165) is 11.4 Å². The number of nitrogens with one attached hydrogen (secondary N) is 2. The lowest BCUT2D eigenvalue weighted by molar-refractivity contribution is -0.116. The van der Waals surface area contributed by atoms with Gasteiger partial charge in [0.15, 0.2) is 0 Å². The highest BCUT2D eigenvalue weighted by Crippen LogP contribution is 2.24. The van der Waals surface area contributed by atoms with Gasteiger partial charge in [0.2, 0.25) is 21.1 Å². The molecule has 0 saturated heterocycles. The van der Waals surface area contributed by atoms with E-state index in [1.165, 1.54) is 41.2 Å². The topological polar surface area (TPSA) is 101 Å². The van der Waals surface area contributed by atoms with Crippen molar-refractivity contribution < 1.29 is 13.2 Å². The summed E-state index contributed by atoms with van der Waals surface area (Å²) in [5.41, 5.74) is 1.21. The number of amides is 1. The van der Waals surface area contributed by atoms with Crippen molar-refractivity contribution in [2.24, 2.45) is 0 Å². The highest BCUT2D eigenvalue weighted by atomic mass is 35.5. The molecule has 2 aromatic carbocycles. The number of sulfonamides is 1. The normalized spacial score (nSPS) is 12.5. The molecule has 1 amide bonds.